The van der Waals surface area contributed by atoms with Crippen LogP contribution in [0.25, 0.3) is 0 Å². The van der Waals surface area contributed by atoms with Crippen LogP contribution < -0.4 is 23.7 Å². The Bertz CT molecular complexity index is 809. The van der Waals surface area contributed by atoms with E-state index < -0.39 is 0 Å². The van der Waals surface area contributed by atoms with Gasteiger partial charge in [-0.25, -0.2) is 0 Å². The standard InChI is InChI=1S/C22H26O6/c1-23-20-9-15(10-21(24-2)22(20)25-3)7-17-12-26-11-16(17)6-14-4-5-18-19(8-14)28-13-27-18/h4-5,8-10,16-17H,6-7,11-13H2,1-3H3. The number of methoxy groups -OCH3 is 3. The minimum atomic E-state index is 0.301. The van der Waals surface area contributed by atoms with E-state index in [9.17, 15) is 0 Å². The molecule has 28 heavy (non-hydrogen) atoms. The molecule has 1 fully saturated rings. The lowest BCUT2D eigenvalue weighted by molar-refractivity contribution is 0.174. The van der Waals surface area contributed by atoms with Crippen LogP contribution in [-0.4, -0.2) is 41.3 Å². The fraction of sp³-hybridized carbons (Fsp3) is 0.455. The summed E-state index contributed by atoms with van der Waals surface area (Å²) in [5.74, 6) is 4.50. The SMILES string of the molecule is COc1cc(CC2COCC2Cc2ccc3c(c2)OCO3)cc(OC)c1OC. The fourth-order valence-corrected chi connectivity index (χ4v) is 4.02. The van der Waals surface area contributed by atoms with E-state index in [1.165, 1.54) is 5.56 Å². The highest BCUT2D eigenvalue weighted by Crippen LogP contribution is 2.40. The molecule has 0 bridgehead atoms. The van der Waals surface area contributed by atoms with Crippen molar-refractivity contribution in [2.24, 2.45) is 11.8 Å². The molecule has 0 aliphatic carbocycles. The number of hydrogen-bond acceptors (Lipinski definition) is 6. The lowest BCUT2D eigenvalue weighted by atomic mass is 9.85. The molecule has 2 heterocycles. The smallest absolute Gasteiger partial charge is 0.231 e. The molecule has 0 radical (unpaired) electrons. The molecule has 2 aromatic rings. The number of rotatable bonds is 7. The molecule has 2 aromatic carbocycles. The Kier molecular flexibility index (Phi) is 5.48. The monoisotopic (exact) mass is 386 g/mol. The van der Waals surface area contributed by atoms with Crippen LogP contribution in [0.3, 0.4) is 0 Å². The summed E-state index contributed by atoms with van der Waals surface area (Å²) in [6.45, 7) is 1.82. The first-order valence-electron chi connectivity index (χ1n) is 9.47. The first-order valence-corrected chi connectivity index (χ1v) is 9.47. The molecule has 0 aromatic heterocycles. The highest BCUT2D eigenvalue weighted by molar-refractivity contribution is 5.54. The Balaban J connectivity index is 1.49. The van der Waals surface area contributed by atoms with Gasteiger partial charge in [-0.2, -0.15) is 0 Å². The highest BCUT2D eigenvalue weighted by atomic mass is 16.7. The van der Waals surface area contributed by atoms with Crippen LogP contribution in [-0.2, 0) is 17.6 Å². The Morgan fingerprint density at radius 2 is 1.43 bits per heavy atom. The molecular formula is C22H26O6. The summed E-state index contributed by atoms with van der Waals surface area (Å²) in [5.41, 5.74) is 2.40. The van der Waals surface area contributed by atoms with Gasteiger partial charge >= 0.3 is 0 Å². The van der Waals surface area contributed by atoms with Crippen LogP contribution in [0.2, 0.25) is 0 Å². The molecule has 0 amide bonds. The number of benzene rings is 2. The normalized spacial score (nSPS) is 20.2. The molecule has 0 saturated carbocycles. The Morgan fingerprint density at radius 1 is 0.786 bits per heavy atom. The number of hydrogen-bond donors (Lipinski definition) is 0. The van der Waals surface area contributed by atoms with Crippen LogP contribution in [0.1, 0.15) is 11.1 Å². The summed E-state index contributed by atoms with van der Waals surface area (Å²) in [7, 11) is 4.90. The lowest BCUT2D eigenvalue weighted by Crippen LogP contribution is -2.17. The lowest BCUT2D eigenvalue weighted by Gasteiger charge is -2.20. The quantitative estimate of drug-likeness (QED) is 0.726. The summed E-state index contributed by atoms with van der Waals surface area (Å²) in [6.07, 6.45) is 1.84. The van der Waals surface area contributed by atoms with Crippen molar-refractivity contribution in [2.45, 2.75) is 12.8 Å². The average molecular weight is 386 g/mol. The van der Waals surface area contributed by atoms with Crippen LogP contribution in [0, 0.1) is 11.8 Å². The highest BCUT2D eigenvalue weighted by Gasteiger charge is 2.29. The molecule has 2 unspecified atom stereocenters. The number of fused-ring (bicyclic) bond motifs is 1. The first kappa shape index (κ1) is 18.7. The molecule has 6 heteroatoms. The second kappa shape index (κ2) is 8.19. The summed E-state index contributed by atoms with van der Waals surface area (Å²) in [4.78, 5) is 0. The molecule has 2 aliphatic rings. The third kappa shape index (κ3) is 3.69. The van der Waals surface area contributed by atoms with Gasteiger partial charge in [0.25, 0.3) is 0 Å². The van der Waals surface area contributed by atoms with E-state index in [0.29, 0.717) is 35.9 Å². The average Bonchev–Trinajstić information content (AvgIpc) is 3.36. The minimum Gasteiger partial charge on any atom is -0.493 e. The minimum absolute atomic E-state index is 0.301. The summed E-state index contributed by atoms with van der Waals surface area (Å²) in [6, 6.07) is 10.2. The van der Waals surface area contributed by atoms with E-state index in [0.717, 1.165) is 43.1 Å². The van der Waals surface area contributed by atoms with Gasteiger partial charge in [-0.3, -0.25) is 0 Å². The predicted molar refractivity (Wildman–Crippen MR) is 104 cm³/mol. The summed E-state index contributed by atoms with van der Waals surface area (Å²) < 4.78 is 33.1. The van der Waals surface area contributed by atoms with Gasteiger partial charge in [-0.1, -0.05) is 6.07 Å². The van der Waals surface area contributed by atoms with Crippen LogP contribution in [0.15, 0.2) is 30.3 Å². The van der Waals surface area contributed by atoms with E-state index in [1.54, 1.807) is 21.3 Å². The van der Waals surface area contributed by atoms with Crippen molar-refractivity contribution >= 4 is 0 Å². The van der Waals surface area contributed by atoms with Crippen LogP contribution in [0.4, 0.5) is 0 Å². The second-order valence-electron chi connectivity index (χ2n) is 7.19. The third-order valence-electron chi connectivity index (χ3n) is 5.49. The van der Waals surface area contributed by atoms with Gasteiger partial charge in [0.1, 0.15) is 0 Å². The Hall–Kier alpha value is -2.60. The van der Waals surface area contributed by atoms with E-state index in [2.05, 4.69) is 12.1 Å². The van der Waals surface area contributed by atoms with Gasteiger partial charge < -0.3 is 28.4 Å². The Labute approximate surface area is 165 Å². The van der Waals surface area contributed by atoms with Gasteiger partial charge in [-0.05, 0) is 60.1 Å². The van der Waals surface area contributed by atoms with Gasteiger partial charge in [0, 0.05) is 0 Å². The predicted octanol–water partition coefficient (Wildman–Crippen LogP) is 3.49. The van der Waals surface area contributed by atoms with E-state index >= 15 is 0 Å². The van der Waals surface area contributed by atoms with Crippen molar-refractivity contribution < 1.29 is 28.4 Å². The zero-order valence-electron chi connectivity index (χ0n) is 16.5. The molecule has 0 spiro atoms. The van der Waals surface area contributed by atoms with Crippen molar-refractivity contribution in [3.05, 3.63) is 41.5 Å². The maximum Gasteiger partial charge on any atom is 0.231 e. The second-order valence-corrected chi connectivity index (χ2v) is 7.19. The molecule has 0 N–H and O–H groups in total. The molecule has 2 atom stereocenters. The van der Waals surface area contributed by atoms with Gasteiger partial charge in [-0.15, -0.1) is 0 Å². The summed E-state index contributed by atoms with van der Waals surface area (Å²) >= 11 is 0. The maximum absolute atomic E-state index is 5.82. The van der Waals surface area contributed by atoms with Gasteiger partial charge in [0.2, 0.25) is 12.5 Å². The van der Waals surface area contributed by atoms with Crippen molar-refractivity contribution in [3.8, 4) is 28.7 Å². The molecule has 4 rings (SSSR count). The number of ether oxygens (including phenoxy) is 6. The molecule has 2 aliphatic heterocycles. The van der Waals surface area contributed by atoms with E-state index in [4.69, 9.17) is 28.4 Å². The topological polar surface area (TPSA) is 55.4 Å². The largest absolute Gasteiger partial charge is 0.493 e. The zero-order chi connectivity index (χ0) is 19.5. The molecule has 6 nitrogen and oxygen atoms in total. The van der Waals surface area contributed by atoms with Crippen molar-refractivity contribution in [3.63, 3.8) is 0 Å². The summed E-state index contributed by atoms with van der Waals surface area (Å²) in [5, 5.41) is 0. The maximum atomic E-state index is 5.82. The molecule has 1 saturated heterocycles. The van der Waals surface area contributed by atoms with Crippen molar-refractivity contribution in [2.75, 3.05) is 41.3 Å². The molecule has 150 valence electrons. The van der Waals surface area contributed by atoms with Crippen molar-refractivity contribution in [1.82, 2.24) is 0 Å². The fourth-order valence-electron chi connectivity index (χ4n) is 4.02. The first-order chi connectivity index (χ1) is 13.7. The van der Waals surface area contributed by atoms with E-state index in [1.807, 2.05) is 18.2 Å². The third-order valence-corrected chi connectivity index (χ3v) is 5.49. The molecular weight excluding hydrogens is 360 g/mol. The van der Waals surface area contributed by atoms with Crippen LogP contribution >= 0.6 is 0 Å². The van der Waals surface area contributed by atoms with E-state index in [-0.39, 0.29) is 0 Å². The van der Waals surface area contributed by atoms with Gasteiger partial charge in [0.05, 0.1) is 34.5 Å². The zero-order valence-corrected chi connectivity index (χ0v) is 16.5. The van der Waals surface area contributed by atoms with Gasteiger partial charge in [0.15, 0.2) is 23.0 Å². The Morgan fingerprint density at radius 3 is 2.07 bits per heavy atom. The van der Waals surface area contributed by atoms with Crippen molar-refractivity contribution in [1.29, 1.82) is 0 Å². The van der Waals surface area contributed by atoms with Crippen LogP contribution in [0.5, 0.6) is 28.7 Å².